The first-order chi connectivity index (χ1) is 18.8. The molecular weight excluding hydrogens is 521 g/mol. The largest absolute Gasteiger partial charge is 0.477 e. The van der Waals surface area contributed by atoms with Crippen molar-refractivity contribution in [2.45, 2.75) is 90.4 Å². The SMILES string of the molecule is CCCCCCc1ccc(C(=O)O)s1.CCCC[Si](C)(C)CCCOC(=O)c1ccc(-c2ccccc2)cc1. The van der Waals surface area contributed by atoms with Crippen LogP contribution in [0.3, 0.4) is 0 Å². The quantitative estimate of drug-likeness (QED) is 0.113. The van der Waals surface area contributed by atoms with Crippen LogP contribution in [0.25, 0.3) is 11.1 Å². The molecule has 6 heteroatoms. The monoisotopic (exact) mass is 566 g/mol. The fourth-order valence-corrected chi connectivity index (χ4v) is 7.91. The van der Waals surface area contributed by atoms with Gasteiger partial charge in [-0.1, -0.05) is 114 Å². The lowest BCUT2D eigenvalue weighted by Gasteiger charge is -2.21. The van der Waals surface area contributed by atoms with Gasteiger partial charge in [-0.05, 0) is 54.7 Å². The Bertz CT molecular complexity index is 1110. The highest BCUT2D eigenvalue weighted by atomic mass is 32.1. The van der Waals surface area contributed by atoms with E-state index in [9.17, 15) is 9.59 Å². The lowest BCUT2D eigenvalue weighted by Crippen LogP contribution is -2.25. The maximum absolute atomic E-state index is 12.2. The number of thiophene rings is 1. The van der Waals surface area contributed by atoms with Crippen LogP contribution in [-0.2, 0) is 11.2 Å². The number of unbranched alkanes of at least 4 members (excludes halogenated alkanes) is 4. The number of carboxylic acid groups (broad SMARTS) is 1. The summed E-state index contributed by atoms with van der Waals surface area (Å²) in [7, 11) is -1.11. The van der Waals surface area contributed by atoms with Gasteiger partial charge in [-0.2, -0.15) is 0 Å². The number of carboxylic acids is 1. The van der Waals surface area contributed by atoms with E-state index in [0.717, 1.165) is 24.0 Å². The van der Waals surface area contributed by atoms with E-state index in [-0.39, 0.29) is 5.97 Å². The zero-order valence-electron chi connectivity index (χ0n) is 24.2. The number of benzene rings is 2. The number of hydrogen-bond acceptors (Lipinski definition) is 4. The molecule has 1 heterocycles. The van der Waals surface area contributed by atoms with Gasteiger partial charge in [0.05, 0.1) is 12.2 Å². The van der Waals surface area contributed by atoms with E-state index in [0.29, 0.717) is 17.0 Å². The molecule has 1 aromatic heterocycles. The summed E-state index contributed by atoms with van der Waals surface area (Å²) in [5.74, 6) is -1.03. The molecule has 0 aliphatic rings. The topological polar surface area (TPSA) is 63.6 Å². The normalized spacial score (nSPS) is 11.0. The molecule has 3 rings (SSSR count). The number of rotatable bonds is 15. The maximum Gasteiger partial charge on any atom is 0.345 e. The minimum Gasteiger partial charge on any atom is -0.477 e. The minimum atomic E-state index is -1.11. The lowest BCUT2D eigenvalue weighted by atomic mass is 10.0. The first kappa shape index (κ1) is 32.5. The minimum absolute atomic E-state index is 0.215. The maximum atomic E-state index is 12.2. The number of carbonyl (C=O) groups is 2. The molecule has 39 heavy (non-hydrogen) atoms. The number of esters is 1. The van der Waals surface area contributed by atoms with Gasteiger partial charge in [0.1, 0.15) is 4.88 Å². The highest BCUT2D eigenvalue weighted by Crippen LogP contribution is 2.22. The predicted octanol–water partition coefficient (Wildman–Crippen LogP) is 9.98. The summed E-state index contributed by atoms with van der Waals surface area (Å²) < 4.78 is 5.46. The third-order valence-electron chi connectivity index (χ3n) is 6.82. The van der Waals surface area contributed by atoms with Gasteiger partial charge in [-0.3, -0.25) is 0 Å². The standard InChI is InChI=1S/C22H30O2Si.C11H16O2S/c1-4-5-17-25(2,3)18-9-16-24-22(23)21-14-12-20(13-15-21)19-10-7-6-8-11-19;1-2-3-4-5-6-9-7-8-10(14-9)11(12)13/h6-8,10-15H,4-5,9,16-18H2,1-3H3;7-8H,2-6H2,1H3,(H,12,13). The van der Waals surface area contributed by atoms with Crippen LogP contribution in [-0.4, -0.2) is 31.7 Å². The Balaban J connectivity index is 0.000000322. The van der Waals surface area contributed by atoms with Gasteiger partial charge in [-0.25, -0.2) is 9.59 Å². The van der Waals surface area contributed by atoms with Crippen LogP contribution in [0.5, 0.6) is 0 Å². The van der Waals surface area contributed by atoms with Gasteiger partial charge >= 0.3 is 11.9 Å². The number of aromatic carboxylic acids is 1. The summed E-state index contributed by atoms with van der Waals surface area (Å²) in [4.78, 5) is 24.4. The lowest BCUT2D eigenvalue weighted by molar-refractivity contribution is 0.0504. The van der Waals surface area contributed by atoms with Crippen molar-refractivity contribution in [1.82, 2.24) is 0 Å². The Morgan fingerprint density at radius 2 is 1.41 bits per heavy atom. The second kappa shape index (κ2) is 17.8. The Morgan fingerprint density at radius 3 is 2.03 bits per heavy atom. The van der Waals surface area contributed by atoms with E-state index in [1.807, 2.05) is 48.5 Å². The Hall–Kier alpha value is -2.70. The third-order valence-corrected chi connectivity index (χ3v) is 11.4. The molecule has 0 unspecified atom stereocenters. The molecule has 0 spiro atoms. The molecule has 0 saturated carbocycles. The van der Waals surface area contributed by atoms with Crippen molar-refractivity contribution in [3.05, 3.63) is 82.0 Å². The number of hydrogen-bond donors (Lipinski definition) is 1. The highest BCUT2D eigenvalue weighted by molar-refractivity contribution is 7.13. The van der Waals surface area contributed by atoms with Gasteiger partial charge in [-0.15, -0.1) is 11.3 Å². The zero-order valence-corrected chi connectivity index (χ0v) is 26.0. The molecular formula is C33H46O4SSi. The second-order valence-electron chi connectivity index (χ2n) is 10.8. The van der Waals surface area contributed by atoms with Crippen molar-refractivity contribution in [3.63, 3.8) is 0 Å². The fourth-order valence-electron chi connectivity index (χ4n) is 4.36. The molecule has 0 amide bonds. The average molecular weight is 567 g/mol. The van der Waals surface area contributed by atoms with E-state index in [1.54, 1.807) is 6.07 Å². The molecule has 4 nitrogen and oxygen atoms in total. The molecule has 2 aromatic carbocycles. The molecule has 0 saturated heterocycles. The third kappa shape index (κ3) is 12.8. The van der Waals surface area contributed by atoms with Crippen LogP contribution in [0.15, 0.2) is 66.7 Å². The summed E-state index contributed by atoms with van der Waals surface area (Å²) in [5, 5.41) is 8.72. The van der Waals surface area contributed by atoms with Crippen LogP contribution in [0.4, 0.5) is 0 Å². The van der Waals surface area contributed by atoms with Crippen LogP contribution in [0, 0.1) is 0 Å². The first-order valence-electron chi connectivity index (χ1n) is 14.4. The van der Waals surface area contributed by atoms with Crippen LogP contribution >= 0.6 is 11.3 Å². The van der Waals surface area contributed by atoms with Crippen molar-refractivity contribution in [1.29, 1.82) is 0 Å². The molecule has 0 fully saturated rings. The molecule has 0 aliphatic heterocycles. The molecule has 0 aliphatic carbocycles. The van der Waals surface area contributed by atoms with Crippen molar-refractivity contribution < 1.29 is 19.4 Å². The second-order valence-corrected chi connectivity index (χ2v) is 17.3. The number of carbonyl (C=O) groups excluding carboxylic acids is 1. The molecule has 212 valence electrons. The molecule has 0 radical (unpaired) electrons. The summed E-state index contributed by atoms with van der Waals surface area (Å²) in [6.07, 6.45) is 9.54. The van der Waals surface area contributed by atoms with E-state index >= 15 is 0 Å². The zero-order chi connectivity index (χ0) is 28.5. The van der Waals surface area contributed by atoms with E-state index in [1.165, 1.54) is 66.8 Å². The van der Waals surface area contributed by atoms with Crippen molar-refractivity contribution >= 4 is 31.3 Å². The Morgan fingerprint density at radius 1 is 0.769 bits per heavy atom. The Labute approximate surface area is 240 Å². The molecule has 0 bridgehead atoms. The number of aryl methyl sites for hydroxylation is 1. The Kier molecular flexibility index (Phi) is 14.8. The van der Waals surface area contributed by atoms with Gasteiger partial charge < -0.3 is 9.84 Å². The average Bonchev–Trinajstić information content (AvgIpc) is 3.43. The summed E-state index contributed by atoms with van der Waals surface area (Å²) >= 11 is 1.40. The van der Waals surface area contributed by atoms with Crippen molar-refractivity contribution in [2.75, 3.05) is 6.61 Å². The smallest absolute Gasteiger partial charge is 0.345 e. The summed E-state index contributed by atoms with van der Waals surface area (Å²) in [6.45, 7) is 9.84. The van der Waals surface area contributed by atoms with Crippen LogP contribution in [0.1, 0.15) is 83.7 Å². The molecule has 0 atom stereocenters. The summed E-state index contributed by atoms with van der Waals surface area (Å²) in [6, 6.07) is 24.1. The van der Waals surface area contributed by atoms with Crippen molar-refractivity contribution in [3.8, 4) is 11.1 Å². The van der Waals surface area contributed by atoms with Gasteiger partial charge in [0.15, 0.2) is 0 Å². The number of ether oxygens (including phenoxy) is 1. The van der Waals surface area contributed by atoms with Gasteiger partial charge in [0.25, 0.3) is 0 Å². The van der Waals surface area contributed by atoms with Crippen molar-refractivity contribution in [2.24, 2.45) is 0 Å². The van der Waals surface area contributed by atoms with E-state index < -0.39 is 14.0 Å². The fraction of sp³-hybridized carbons (Fsp3) is 0.455. The van der Waals surface area contributed by atoms with E-state index in [2.05, 4.69) is 39.1 Å². The molecule has 3 aromatic rings. The van der Waals surface area contributed by atoms with Crippen LogP contribution in [0.2, 0.25) is 25.2 Å². The van der Waals surface area contributed by atoms with Gasteiger partial charge in [0, 0.05) is 13.0 Å². The van der Waals surface area contributed by atoms with Gasteiger partial charge in [0.2, 0.25) is 0 Å². The summed E-state index contributed by atoms with van der Waals surface area (Å²) in [5.41, 5.74) is 2.89. The molecule has 1 N–H and O–H groups in total. The first-order valence-corrected chi connectivity index (χ1v) is 18.6. The van der Waals surface area contributed by atoms with Crippen LogP contribution < -0.4 is 0 Å². The predicted molar refractivity (Wildman–Crippen MR) is 168 cm³/mol. The highest BCUT2D eigenvalue weighted by Gasteiger charge is 2.19. The van der Waals surface area contributed by atoms with E-state index in [4.69, 9.17) is 9.84 Å².